The first kappa shape index (κ1) is 16.7. The minimum atomic E-state index is -0.292. The molecule has 3 rings (SSSR count). The smallest absolute Gasteiger partial charge is 0.274 e. The van der Waals surface area contributed by atoms with E-state index in [9.17, 15) is 19.8 Å². The van der Waals surface area contributed by atoms with Crippen molar-refractivity contribution in [3.8, 4) is 11.5 Å². The Morgan fingerprint density at radius 1 is 0.880 bits per heavy atom. The lowest BCUT2D eigenvalue weighted by Crippen LogP contribution is -2.37. The molecule has 2 aromatic rings. The van der Waals surface area contributed by atoms with Gasteiger partial charge in [-0.25, -0.2) is 4.98 Å². The molecule has 25 heavy (non-hydrogen) atoms. The summed E-state index contributed by atoms with van der Waals surface area (Å²) in [6, 6.07) is 3.80. The second-order valence-electron chi connectivity index (χ2n) is 5.77. The molecule has 1 aromatic heterocycles. The van der Waals surface area contributed by atoms with Crippen LogP contribution in [0, 0.1) is 0 Å². The second-order valence-corrected chi connectivity index (χ2v) is 5.77. The van der Waals surface area contributed by atoms with E-state index in [1.807, 2.05) is 0 Å². The van der Waals surface area contributed by atoms with Crippen LogP contribution in [0.3, 0.4) is 0 Å². The van der Waals surface area contributed by atoms with E-state index in [0.29, 0.717) is 32.6 Å². The van der Waals surface area contributed by atoms with Crippen LogP contribution in [0.1, 0.15) is 27.3 Å². The topological polar surface area (TPSA) is 107 Å². The molecule has 2 heterocycles. The van der Waals surface area contributed by atoms with Gasteiger partial charge in [-0.15, -0.1) is 0 Å². The van der Waals surface area contributed by atoms with Crippen LogP contribution in [0.2, 0.25) is 0 Å². The number of phenolic OH excluding ortho intramolecular Hbond substituents is 2. The summed E-state index contributed by atoms with van der Waals surface area (Å²) >= 11 is 0. The summed E-state index contributed by atoms with van der Waals surface area (Å²) in [6.45, 7) is 1.75. The number of benzene rings is 1. The van der Waals surface area contributed by atoms with Crippen LogP contribution in [0.15, 0.2) is 36.8 Å². The molecule has 2 N–H and O–H groups in total. The molecular formula is C17H18N4O4. The van der Waals surface area contributed by atoms with Gasteiger partial charge < -0.3 is 20.0 Å². The van der Waals surface area contributed by atoms with Gasteiger partial charge >= 0.3 is 0 Å². The molecule has 0 saturated carbocycles. The second kappa shape index (κ2) is 7.16. The van der Waals surface area contributed by atoms with E-state index < -0.39 is 0 Å². The predicted molar refractivity (Wildman–Crippen MR) is 88.2 cm³/mol. The number of carbonyl (C=O) groups excluding carboxylic acids is 2. The summed E-state index contributed by atoms with van der Waals surface area (Å²) in [5.74, 6) is -0.840. The molecule has 1 aliphatic heterocycles. The maximum atomic E-state index is 12.6. The molecule has 1 aromatic carbocycles. The highest BCUT2D eigenvalue weighted by atomic mass is 16.3. The fraction of sp³-hybridized carbons (Fsp3) is 0.294. The molecule has 1 saturated heterocycles. The van der Waals surface area contributed by atoms with Gasteiger partial charge in [-0.05, 0) is 18.6 Å². The average Bonchev–Trinajstić information content (AvgIpc) is 2.86. The van der Waals surface area contributed by atoms with Crippen molar-refractivity contribution in [2.24, 2.45) is 0 Å². The molecule has 8 heteroatoms. The highest BCUT2D eigenvalue weighted by Gasteiger charge is 2.24. The molecule has 130 valence electrons. The van der Waals surface area contributed by atoms with Crippen LogP contribution in [0.25, 0.3) is 0 Å². The number of aromatic nitrogens is 2. The Labute approximate surface area is 144 Å². The van der Waals surface area contributed by atoms with Gasteiger partial charge in [0.1, 0.15) is 17.2 Å². The third-order valence-corrected chi connectivity index (χ3v) is 4.00. The van der Waals surface area contributed by atoms with Crippen molar-refractivity contribution in [3.05, 3.63) is 48.0 Å². The van der Waals surface area contributed by atoms with Gasteiger partial charge in [-0.1, -0.05) is 0 Å². The number of nitrogens with zero attached hydrogens (tertiary/aromatic N) is 4. The molecule has 1 fully saturated rings. The predicted octanol–water partition coefficient (Wildman–Crippen LogP) is 0.876. The zero-order valence-corrected chi connectivity index (χ0v) is 13.5. The largest absolute Gasteiger partial charge is 0.508 e. The van der Waals surface area contributed by atoms with Gasteiger partial charge in [0.15, 0.2) is 0 Å². The number of amides is 2. The summed E-state index contributed by atoms with van der Waals surface area (Å²) in [4.78, 5) is 36.2. The van der Waals surface area contributed by atoms with Crippen molar-refractivity contribution >= 4 is 11.8 Å². The van der Waals surface area contributed by atoms with E-state index >= 15 is 0 Å². The monoisotopic (exact) mass is 342 g/mol. The molecule has 0 spiro atoms. The Bertz CT molecular complexity index is 761. The van der Waals surface area contributed by atoms with Crippen LogP contribution < -0.4 is 0 Å². The first-order valence-electron chi connectivity index (χ1n) is 7.92. The van der Waals surface area contributed by atoms with Gasteiger partial charge in [0, 0.05) is 50.2 Å². The summed E-state index contributed by atoms with van der Waals surface area (Å²) < 4.78 is 0. The lowest BCUT2D eigenvalue weighted by atomic mass is 10.1. The van der Waals surface area contributed by atoms with Crippen LogP contribution in [0.5, 0.6) is 11.5 Å². The molecule has 0 radical (unpaired) electrons. The quantitative estimate of drug-likeness (QED) is 0.839. The fourth-order valence-corrected chi connectivity index (χ4v) is 2.80. The van der Waals surface area contributed by atoms with Crippen molar-refractivity contribution in [1.29, 1.82) is 0 Å². The van der Waals surface area contributed by atoms with Crippen LogP contribution in [-0.2, 0) is 0 Å². The number of rotatable bonds is 2. The van der Waals surface area contributed by atoms with E-state index in [0.717, 1.165) is 0 Å². The van der Waals surface area contributed by atoms with Crippen molar-refractivity contribution < 1.29 is 19.8 Å². The standard InChI is InChI=1S/C17H18N4O4/c22-13-8-12(9-14(23)10-13)16(24)20-4-1-5-21(7-6-20)17(25)15-11-18-2-3-19-15/h2-3,8-11,22-23H,1,4-7H2. The normalized spacial score (nSPS) is 14.9. The lowest BCUT2D eigenvalue weighted by Gasteiger charge is -2.22. The molecule has 2 amide bonds. The third-order valence-electron chi connectivity index (χ3n) is 4.00. The SMILES string of the molecule is O=C(c1cc(O)cc(O)c1)N1CCCN(C(=O)c2cnccn2)CC1. The molecule has 0 aliphatic carbocycles. The Hall–Kier alpha value is -3.16. The molecule has 8 nitrogen and oxygen atoms in total. The minimum absolute atomic E-state index is 0.169. The average molecular weight is 342 g/mol. The van der Waals surface area contributed by atoms with Gasteiger partial charge in [0.2, 0.25) is 0 Å². The zero-order chi connectivity index (χ0) is 17.8. The van der Waals surface area contributed by atoms with Crippen molar-refractivity contribution in [3.63, 3.8) is 0 Å². The van der Waals surface area contributed by atoms with Gasteiger partial charge in [0.25, 0.3) is 11.8 Å². The van der Waals surface area contributed by atoms with E-state index in [1.165, 1.54) is 36.8 Å². The van der Waals surface area contributed by atoms with Gasteiger partial charge in [-0.3, -0.25) is 14.6 Å². The molecule has 0 bridgehead atoms. The Morgan fingerprint density at radius 2 is 1.52 bits per heavy atom. The van der Waals surface area contributed by atoms with E-state index in [2.05, 4.69) is 9.97 Å². The summed E-state index contributed by atoms with van der Waals surface area (Å²) in [6.07, 6.45) is 5.02. The van der Waals surface area contributed by atoms with Crippen molar-refractivity contribution in [1.82, 2.24) is 19.8 Å². The van der Waals surface area contributed by atoms with Crippen molar-refractivity contribution in [2.45, 2.75) is 6.42 Å². The number of hydrogen-bond acceptors (Lipinski definition) is 6. The lowest BCUT2D eigenvalue weighted by molar-refractivity contribution is 0.0715. The summed E-state index contributed by atoms with van der Waals surface area (Å²) in [5.41, 5.74) is 0.492. The number of carbonyl (C=O) groups is 2. The zero-order valence-electron chi connectivity index (χ0n) is 13.5. The Morgan fingerprint density at radius 3 is 2.12 bits per heavy atom. The fourth-order valence-electron chi connectivity index (χ4n) is 2.80. The Kier molecular flexibility index (Phi) is 4.78. The molecule has 0 atom stereocenters. The van der Waals surface area contributed by atoms with Gasteiger partial charge in [-0.2, -0.15) is 0 Å². The highest BCUT2D eigenvalue weighted by Crippen LogP contribution is 2.22. The number of phenols is 2. The maximum absolute atomic E-state index is 12.6. The molecule has 0 unspecified atom stereocenters. The first-order valence-corrected chi connectivity index (χ1v) is 7.92. The molecule has 1 aliphatic rings. The van der Waals surface area contributed by atoms with Crippen molar-refractivity contribution in [2.75, 3.05) is 26.2 Å². The summed E-state index contributed by atoms with van der Waals surface area (Å²) in [7, 11) is 0. The van der Waals surface area contributed by atoms with E-state index in [4.69, 9.17) is 0 Å². The number of aromatic hydroxyl groups is 2. The molecular weight excluding hydrogens is 324 g/mol. The van der Waals surface area contributed by atoms with E-state index in [-0.39, 0.29) is 34.6 Å². The number of hydrogen-bond donors (Lipinski definition) is 2. The van der Waals surface area contributed by atoms with Gasteiger partial charge in [0.05, 0.1) is 6.20 Å². The van der Waals surface area contributed by atoms with Crippen LogP contribution in [-0.4, -0.2) is 68.0 Å². The van der Waals surface area contributed by atoms with E-state index in [1.54, 1.807) is 9.80 Å². The first-order chi connectivity index (χ1) is 12.0. The summed E-state index contributed by atoms with van der Waals surface area (Å²) in [5, 5.41) is 19.1. The third kappa shape index (κ3) is 3.85. The Balaban J connectivity index is 1.69. The minimum Gasteiger partial charge on any atom is -0.508 e. The van der Waals surface area contributed by atoms with Crippen LogP contribution >= 0.6 is 0 Å². The highest BCUT2D eigenvalue weighted by molar-refractivity contribution is 5.95. The maximum Gasteiger partial charge on any atom is 0.274 e. The van der Waals surface area contributed by atoms with Crippen LogP contribution in [0.4, 0.5) is 0 Å².